The lowest BCUT2D eigenvalue weighted by Gasteiger charge is -2.17. The summed E-state index contributed by atoms with van der Waals surface area (Å²) in [4.78, 5) is 15.3. The highest BCUT2D eigenvalue weighted by molar-refractivity contribution is 7.77. The van der Waals surface area contributed by atoms with Gasteiger partial charge in [-0.3, -0.25) is 9.00 Å². The van der Waals surface area contributed by atoms with E-state index in [2.05, 4.69) is 4.98 Å². The fraction of sp³-hybridized carbons (Fsp3) is 0.136. The predicted molar refractivity (Wildman–Crippen MR) is 116 cm³/mol. The number of hydrogen-bond donors (Lipinski definition) is 2. The quantitative estimate of drug-likeness (QED) is 0.394. The molecule has 2 N–H and O–H groups in total. The van der Waals surface area contributed by atoms with E-state index < -0.39 is 35.6 Å². The Balaban J connectivity index is 1.87. The summed E-state index contributed by atoms with van der Waals surface area (Å²) in [6.45, 7) is -0.491. The summed E-state index contributed by atoms with van der Waals surface area (Å²) in [6, 6.07) is 8.70. The molecule has 4 rings (SSSR count). The topological polar surface area (TPSA) is 99.2 Å². The molecule has 0 saturated carbocycles. The van der Waals surface area contributed by atoms with E-state index in [0.717, 1.165) is 12.1 Å². The normalized spacial score (nSPS) is 13.2. The van der Waals surface area contributed by atoms with Crippen LogP contribution in [0.1, 0.15) is 11.7 Å². The first-order valence-corrected chi connectivity index (χ1v) is 10.7. The summed E-state index contributed by atoms with van der Waals surface area (Å²) >= 11 is -2.63. The average Bonchev–Trinajstić information content (AvgIpc) is 3.27. The summed E-state index contributed by atoms with van der Waals surface area (Å²) in [6.07, 6.45) is 1.42. The Morgan fingerprint density at radius 3 is 2.64 bits per heavy atom. The van der Waals surface area contributed by atoms with E-state index in [1.165, 1.54) is 29.0 Å². The van der Waals surface area contributed by atoms with Gasteiger partial charge < -0.3 is 18.8 Å². The molecule has 11 heteroatoms. The molecule has 2 heterocycles. The molecule has 0 aliphatic heterocycles. The number of benzene rings is 2. The third kappa shape index (κ3) is 4.70. The SMILES string of the molecule is Cn1cc(-c2cc(C(F)CNS(=O)[O-])ccc2Oc2ccc(F)cc2F)c2cc[nH]c2c1=O. The second-order valence-corrected chi connectivity index (χ2v) is 7.97. The Kier molecular flexibility index (Phi) is 6.36. The van der Waals surface area contributed by atoms with E-state index in [1.807, 2.05) is 4.72 Å². The van der Waals surface area contributed by atoms with Crippen molar-refractivity contribution in [3.8, 4) is 22.6 Å². The summed E-state index contributed by atoms with van der Waals surface area (Å²) in [7, 11) is 1.54. The Bertz CT molecular complexity index is 1420. The van der Waals surface area contributed by atoms with Gasteiger partial charge >= 0.3 is 0 Å². The highest BCUT2D eigenvalue weighted by Gasteiger charge is 2.19. The lowest BCUT2D eigenvalue weighted by molar-refractivity contribution is 0.341. The molecule has 0 aliphatic rings. The van der Waals surface area contributed by atoms with Crippen molar-refractivity contribution in [1.29, 1.82) is 0 Å². The molecule has 7 nitrogen and oxygen atoms in total. The maximum atomic E-state index is 14.7. The van der Waals surface area contributed by atoms with Crippen LogP contribution in [-0.2, 0) is 18.3 Å². The van der Waals surface area contributed by atoms with Crippen LogP contribution in [0.4, 0.5) is 13.2 Å². The molecule has 0 fully saturated rings. The minimum Gasteiger partial charge on any atom is -0.760 e. The van der Waals surface area contributed by atoms with E-state index in [4.69, 9.17) is 4.74 Å². The van der Waals surface area contributed by atoms with Crippen LogP contribution in [0.15, 0.2) is 59.7 Å². The van der Waals surface area contributed by atoms with Gasteiger partial charge in [0.1, 0.15) is 23.3 Å². The summed E-state index contributed by atoms with van der Waals surface area (Å²) < 4.78 is 72.7. The molecule has 2 atom stereocenters. The van der Waals surface area contributed by atoms with E-state index in [-0.39, 0.29) is 22.6 Å². The minimum absolute atomic E-state index is 0.123. The maximum absolute atomic E-state index is 14.7. The van der Waals surface area contributed by atoms with Crippen molar-refractivity contribution < 1.29 is 26.7 Å². The Morgan fingerprint density at radius 2 is 1.91 bits per heavy atom. The molecule has 4 aromatic rings. The van der Waals surface area contributed by atoms with Crippen molar-refractivity contribution >= 4 is 22.2 Å². The highest BCUT2D eigenvalue weighted by Crippen LogP contribution is 2.39. The third-order valence-electron chi connectivity index (χ3n) is 5.04. The van der Waals surface area contributed by atoms with Gasteiger partial charge in [-0.15, -0.1) is 0 Å². The number of halogens is 3. The maximum Gasteiger partial charge on any atom is 0.274 e. The zero-order valence-corrected chi connectivity index (χ0v) is 17.9. The minimum atomic E-state index is -2.63. The van der Waals surface area contributed by atoms with Gasteiger partial charge in [-0.05, 0) is 35.9 Å². The second-order valence-electron chi connectivity index (χ2n) is 7.21. The molecular weight excluding hydrogens is 459 g/mol. The van der Waals surface area contributed by atoms with Crippen molar-refractivity contribution in [1.82, 2.24) is 14.3 Å². The van der Waals surface area contributed by atoms with Crippen LogP contribution in [0.3, 0.4) is 0 Å². The Morgan fingerprint density at radius 1 is 1.15 bits per heavy atom. The lowest BCUT2D eigenvalue weighted by Crippen LogP contribution is -2.21. The van der Waals surface area contributed by atoms with Gasteiger partial charge in [-0.1, -0.05) is 6.07 Å². The van der Waals surface area contributed by atoms with Crippen LogP contribution >= 0.6 is 0 Å². The van der Waals surface area contributed by atoms with Gasteiger partial charge in [0, 0.05) is 59.8 Å². The number of ether oxygens (including phenoxy) is 1. The van der Waals surface area contributed by atoms with Crippen molar-refractivity contribution in [3.63, 3.8) is 0 Å². The zero-order valence-electron chi connectivity index (χ0n) is 17.1. The van der Waals surface area contributed by atoms with Crippen LogP contribution in [-0.4, -0.2) is 24.9 Å². The standard InChI is InChI=1S/C22H18F3N3O4S/c1-28-11-16(14-6-7-26-21(14)22(28)29)15-8-12(18(25)10-27-33(30)31)2-4-19(15)32-20-5-3-13(23)9-17(20)24/h2-9,11,18,26-27H,10H2,1H3,(H,30,31)/p-1. The number of alkyl halides is 1. The fourth-order valence-corrected chi connectivity index (χ4v) is 3.74. The fourth-order valence-electron chi connectivity index (χ4n) is 3.46. The van der Waals surface area contributed by atoms with Crippen LogP contribution in [0.25, 0.3) is 22.0 Å². The van der Waals surface area contributed by atoms with Crippen molar-refractivity contribution in [2.75, 3.05) is 6.54 Å². The van der Waals surface area contributed by atoms with E-state index >= 15 is 0 Å². The number of fused-ring (bicyclic) bond motifs is 1. The molecule has 0 saturated heterocycles. The van der Waals surface area contributed by atoms with Crippen LogP contribution < -0.4 is 15.0 Å². The highest BCUT2D eigenvalue weighted by atomic mass is 32.2. The van der Waals surface area contributed by atoms with Crippen molar-refractivity contribution in [2.24, 2.45) is 7.05 Å². The number of rotatable bonds is 7. The van der Waals surface area contributed by atoms with Gasteiger partial charge in [-0.2, -0.15) is 0 Å². The number of aromatic nitrogens is 2. The molecule has 0 amide bonds. The molecule has 172 valence electrons. The van der Waals surface area contributed by atoms with Crippen molar-refractivity contribution in [3.05, 3.63) is 82.4 Å². The van der Waals surface area contributed by atoms with E-state index in [9.17, 15) is 26.7 Å². The van der Waals surface area contributed by atoms with Crippen LogP contribution in [0.2, 0.25) is 0 Å². The molecular formula is C22H17F3N3O4S-. The number of H-pyrrole nitrogens is 1. The smallest absolute Gasteiger partial charge is 0.274 e. The number of pyridine rings is 1. The molecule has 0 bridgehead atoms. The number of aromatic amines is 1. The Hall–Kier alpha value is -3.41. The summed E-state index contributed by atoms with van der Waals surface area (Å²) in [5.74, 6) is -1.83. The lowest BCUT2D eigenvalue weighted by atomic mass is 9.98. The Labute approximate surface area is 188 Å². The van der Waals surface area contributed by atoms with Gasteiger partial charge in [0.25, 0.3) is 5.56 Å². The average molecular weight is 476 g/mol. The molecule has 2 aromatic heterocycles. The second kappa shape index (κ2) is 9.22. The van der Waals surface area contributed by atoms with Gasteiger partial charge in [-0.25, -0.2) is 17.9 Å². The van der Waals surface area contributed by atoms with Gasteiger partial charge in [0.15, 0.2) is 11.6 Å². The van der Waals surface area contributed by atoms with Crippen LogP contribution in [0, 0.1) is 11.6 Å². The molecule has 33 heavy (non-hydrogen) atoms. The van der Waals surface area contributed by atoms with Crippen molar-refractivity contribution in [2.45, 2.75) is 6.17 Å². The van der Waals surface area contributed by atoms with E-state index in [1.54, 1.807) is 19.3 Å². The predicted octanol–water partition coefficient (Wildman–Crippen LogP) is 4.00. The number of hydrogen-bond acceptors (Lipinski definition) is 4. The summed E-state index contributed by atoms with van der Waals surface area (Å²) in [5, 5.41) is 0.522. The number of nitrogens with zero attached hydrogens (tertiary/aromatic N) is 1. The number of aryl methyl sites for hydroxylation is 1. The zero-order chi connectivity index (χ0) is 23.7. The molecule has 0 spiro atoms. The first-order chi connectivity index (χ1) is 15.7. The van der Waals surface area contributed by atoms with E-state index in [0.29, 0.717) is 28.1 Å². The molecule has 0 radical (unpaired) electrons. The van der Waals surface area contributed by atoms with Gasteiger partial charge in [0.2, 0.25) is 0 Å². The first kappa shape index (κ1) is 22.8. The monoisotopic (exact) mass is 476 g/mol. The van der Waals surface area contributed by atoms with Crippen LogP contribution in [0.5, 0.6) is 11.5 Å². The first-order valence-electron chi connectivity index (χ1n) is 9.65. The molecule has 0 aliphatic carbocycles. The summed E-state index contributed by atoms with van der Waals surface area (Å²) in [5.41, 5.74) is 0.960. The molecule has 2 unspecified atom stereocenters. The van der Waals surface area contributed by atoms with Gasteiger partial charge in [0.05, 0.1) is 0 Å². The third-order valence-corrected chi connectivity index (χ3v) is 5.45. The largest absolute Gasteiger partial charge is 0.760 e. The molecule has 2 aromatic carbocycles. The number of nitrogens with one attached hydrogen (secondary N) is 2.